The summed E-state index contributed by atoms with van der Waals surface area (Å²) in [4.78, 5) is 28.4. The molecule has 32 heavy (non-hydrogen) atoms. The summed E-state index contributed by atoms with van der Waals surface area (Å²) in [5.41, 5.74) is 10.8. The lowest BCUT2D eigenvalue weighted by molar-refractivity contribution is 0.0988. The number of carbonyl (C=O) groups is 1. The standard InChI is InChI=1S/C24H28N6O2/c1-26-8-6-17-2-4-18(5-3-17)20-16-28-24(25)23(29-20)22(31)14-19-15-27-9-7-21(19)30-10-12-32-13-11-30/h2-5,7,9,15-16,26H,6,8,10-14H2,1H3,(H2,25,28). The first-order chi connectivity index (χ1) is 15.7. The predicted molar refractivity (Wildman–Crippen MR) is 125 cm³/mol. The van der Waals surface area contributed by atoms with E-state index in [1.54, 1.807) is 18.6 Å². The molecule has 0 bridgehead atoms. The third-order valence-corrected chi connectivity index (χ3v) is 5.56. The zero-order chi connectivity index (χ0) is 22.3. The van der Waals surface area contributed by atoms with Crippen LogP contribution in [0, 0.1) is 0 Å². The van der Waals surface area contributed by atoms with Crippen molar-refractivity contribution in [3.63, 3.8) is 0 Å². The van der Waals surface area contributed by atoms with Crippen molar-refractivity contribution in [2.75, 3.05) is 50.5 Å². The highest BCUT2D eigenvalue weighted by Crippen LogP contribution is 2.24. The Bertz CT molecular complexity index is 1060. The van der Waals surface area contributed by atoms with Gasteiger partial charge in [0.25, 0.3) is 0 Å². The highest BCUT2D eigenvalue weighted by atomic mass is 16.5. The molecule has 0 radical (unpaired) electrons. The first kappa shape index (κ1) is 21.9. The third kappa shape index (κ3) is 5.09. The fraction of sp³-hybridized carbons (Fsp3) is 0.333. The summed E-state index contributed by atoms with van der Waals surface area (Å²) in [6, 6.07) is 10.1. The van der Waals surface area contributed by atoms with Gasteiger partial charge in [-0.05, 0) is 31.6 Å². The largest absolute Gasteiger partial charge is 0.382 e. The Kier molecular flexibility index (Phi) is 7.03. The number of likely N-dealkylation sites (N-methyl/N-ethyl adjacent to an activating group) is 1. The van der Waals surface area contributed by atoms with Crippen LogP contribution in [-0.4, -0.2) is 60.6 Å². The van der Waals surface area contributed by atoms with Crippen LogP contribution in [0.5, 0.6) is 0 Å². The second kappa shape index (κ2) is 10.3. The number of Topliss-reactive ketones (excluding diaryl/α,β-unsaturated/α-hetero) is 1. The van der Waals surface area contributed by atoms with Crippen LogP contribution in [0.3, 0.4) is 0 Å². The van der Waals surface area contributed by atoms with Crippen LogP contribution in [0.1, 0.15) is 21.6 Å². The number of nitrogens with two attached hydrogens (primary N) is 1. The SMILES string of the molecule is CNCCc1ccc(-c2cnc(N)c(C(=O)Cc3cnccc3N3CCOCC3)n2)cc1. The number of carbonyl (C=O) groups excluding carboxylic acids is 1. The molecule has 8 heteroatoms. The molecule has 1 aliphatic rings. The van der Waals surface area contributed by atoms with E-state index in [0.717, 1.165) is 42.9 Å². The maximum atomic E-state index is 13.2. The van der Waals surface area contributed by atoms with Crippen LogP contribution in [0.2, 0.25) is 0 Å². The average Bonchev–Trinajstić information content (AvgIpc) is 2.84. The molecule has 1 saturated heterocycles. The molecule has 2 aromatic heterocycles. The quantitative estimate of drug-likeness (QED) is 0.522. The van der Waals surface area contributed by atoms with Gasteiger partial charge in [-0.2, -0.15) is 0 Å². The molecule has 3 N–H and O–H groups in total. The first-order valence-electron chi connectivity index (χ1n) is 10.8. The van der Waals surface area contributed by atoms with E-state index in [1.165, 1.54) is 5.56 Å². The molecule has 3 heterocycles. The normalized spacial score (nSPS) is 13.8. The number of anilines is 2. The van der Waals surface area contributed by atoms with Gasteiger partial charge in [0.2, 0.25) is 0 Å². The molecule has 0 aliphatic carbocycles. The van der Waals surface area contributed by atoms with E-state index < -0.39 is 0 Å². The summed E-state index contributed by atoms with van der Waals surface area (Å²) in [6.07, 6.45) is 6.20. The fourth-order valence-corrected chi connectivity index (χ4v) is 3.78. The van der Waals surface area contributed by atoms with Gasteiger partial charge < -0.3 is 20.7 Å². The molecule has 1 aliphatic heterocycles. The van der Waals surface area contributed by atoms with Gasteiger partial charge in [0.05, 0.1) is 25.1 Å². The molecule has 0 amide bonds. The van der Waals surface area contributed by atoms with E-state index in [4.69, 9.17) is 10.5 Å². The molecular weight excluding hydrogens is 404 g/mol. The Hall–Kier alpha value is -3.36. The van der Waals surface area contributed by atoms with Gasteiger partial charge >= 0.3 is 0 Å². The molecule has 166 valence electrons. The van der Waals surface area contributed by atoms with Gasteiger partial charge in [-0.1, -0.05) is 24.3 Å². The molecule has 4 rings (SSSR count). The number of morpholine rings is 1. The smallest absolute Gasteiger partial charge is 0.189 e. The van der Waals surface area contributed by atoms with Crippen LogP contribution in [0.25, 0.3) is 11.3 Å². The zero-order valence-electron chi connectivity index (χ0n) is 18.3. The van der Waals surface area contributed by atoms with E-state index in [9.17, 15) is 4.79 Å². The third-order valence-electron chi connectivity index (χ3n) is 5.56. The number of nitrogens with zero attached hydrogens (tertiary/aromatic N) is 4. The monoisotopic (exact) mass is 432 g/mol. The number of aromatic nitrogens is 3. The summed E-state index contributed by atoms with van der Waals surface area (Å²) >= 11 is 0. The van der Waals surface area contributed by atoms with Crippen LogP contribution in [-0.2, 0) is 17.6 Å². The molecule has 3 aromatic rings. The van der Waals surface area contributed by atoms with E-state index in [0.29, 0.717) is 18.9 Å². The minimum atomic E-state index is -0.176. The predicted octanol–water partition coefficient (Wildman–Crippen LogP) is 2.14. The van der Waals surface area contributed by atoms with Gasteiger partial charge in [0.15, 0.2) is 11.6 Å². The Labute approximate surface area is 187 Å². The van der Waals surface area contributed by atoms with Crippen LogP contribution in [0.15, 0.2) is 48.9 Å². The van der Waals surface area contributed by atoms with E-state index in [1.807, 2.05) is 25.2 Å². The summed E-state index contributed by atoms with van der Waals surface area (Å²) in [6.45, 7) is 3.83. The molecule has 8 nitrogen and oxygen atoms in total. The van der Waals surface area contributed by atoms with Crippen molar-refractivity contribution >= 4 is 17.3 Å². The molecule has 0 spiro atoms. The summed E-state index contributed by atoms with van der Waals surface area (Å²) in [5, 5.41) is 3.15. The van der Waals surface area contributed by atoms with Gasteiger partial charge in [-0.25, -0.2) is 9.97 Å². The number of hydrogen-bond donors (Lipinski definition) is 2. The minimum absolute atomic E-state index is 0.140. The van der Waals surface area contributed by atoms with Crippen LogP contribution in [0.4, 0.5) is 11.5 Å². The Morgan fingerprint density at radius 3 is 2.69 bits per heavy atom. The second-order valence-electron chi connectivity index (χ2n) is 7.74. The first-order valence-corrected chi connectivity index (χ1v) is 10.8. The van der Waals surface area contributed by atoms with Crippen LogP contribution >= 0.6 is 0 Å². The number of nitrogen functional groups attached to an aromatic ring is 1. The van der Waals surface area contributed by atoms with Gasteiger partial charge in [0.1, 0.15) is 5.69 Å². The van der Waals surface area contributed by atoms with E-state index in [2.05, 4.69) is 37.3 Å². The summed E-state index contributed by atoms with van der Waals surface area (Å²) in [7, 11) is 1.94. The Morgan fingerprint density at radius 1 is 1.16 bits per heavy atom. The topological polar surface area (TPSA) is 106 Å². The van der Waals surface area contributed by atoms with Crippen molar-refractivity contribution in [2.24, 2.45) is 0 Å². The number of ether oxygens (including phenoxy) is 1. The van der Waals surface area contributed by atoms with E-state index >= 15 is 0 Å². The minimum Gasteiger partial charge on any atom is -0.382 e. The van der Waals surface area contributed by atoms with Crippen LogP contribution < -0.4 is 16.0 Å². The lowest BCUT2D eigenvalue weighted by Crippen LogP contribution is -2.37. The van der Waals surface area contributed by atoms with Crippen molar-refractivity contribution in [2.45, 2.75) is 12.8 Å². The number of hydrogen-bond acceptors (Lipinski definition) is 8. The zero-order valence-corrected chi connectivity index (χ0v) is 18.3. The molecule has 1 aromatic carbocycles. The Morgan fingerprint density at radius 2 is 1.94 bits per heavy atom. The average molecular weight is 433 g/mol. The second-order valence-corrected chi connectivity index (χ2v) is 7.74. The Balaban J connectivity index is 1.55. The highest BCUT2D eigenvalue weighted by Gasteiger charge is 2.20. The number of benzene rings is 1. The van der Waals surface area contributed by atoms with Gasteiger partial charge in [0, 0.05) is 48.7 Å². The van der Waals surface area contributed by atoms with Crippen molar-refractivity contribution in [1.29, 1.82) is 0 Å². The fourth-order valence-electron chi connectivity index (χ4n) is 3.78. The molecule has 0 unspecified atom stereocenters. The van der Waals surface area contributed by atoms with Crippen molar-refractivity contribution < 1.29 is 9.53 Å². The summed E-state index contributed by atoms with van der Waals surface area (Å²) < 4.78 is 5.45. The lowest BCUT2D eigenvalue weighted by Gasteiger charge is -2.30. The number of nitrogens with one attached hydrogen (secondary N) is 1. The van der Waals surface area contributed by atoms with Crippen molar-refractivity contribution in [3.05, 3.63) is 65.7 Å². The highest BCUT2D eigenvalue weighted by molar-refractivity contribution is 6.00. The van der Waals surface area contributed by atoms with Gasteiger partial charge in [-0.3, -0.25) is 9.78 Å². The molecular formula is C24H28N6O2. The molecule has 1 fully saturated rings. The number of rotatable bonds is 8. The maximum absolute atomic E-state index is 13.2. The molecule has 0 saturated carbocycles. The molecule has 0 atom stereocenters. The summed E-state index contributed by atoms with van der Waals surface area (Å²) in [5.74, 6) is -0.0359. The lowest BCUT2D eigenvalue weighted by atomic mass is 10.0. The van der Waals surface area contributed by atoms with Crippen molar-refractivity contribution in [1.82, 2.24) is 20.3 Å². The number of ketones is 1. The van der Waals surface area contributed by atoms with Crippen molar-refractivity contribution in [3.8, 4) is 11.3 Å². The van der Waals surface area contributed by atoms with Gasteiger partial charge in [-0.15, -0.1) is 0 Å². The number of pyridine rings is 1. The van der Waals surface area contributed by atoms with E-state index in [-0.39, 0.29) is 23.7 Å². The maximum Gasteiger partial charge on any atom is 0.189 e.